The molecule has 0 bridgehead atoms. The molecule has 0 N–H and O–H groups in total. The molecule has 0 heterocycles. The van der Waals surface area contributed by atoms with E-state index in [1.54, 1.807) is 20.3 Å². The Hall–Kier alpha value is -1.44. The Kier molecular flexibility index (Phi) is 6.32. The second kappa shape index (κ2) is 7.53. The largest absolute Gasteiger partial charge is 0.496 e. The SMILES string of the molecule is C=Cc1c(OC)cc(C(C)(C)CCCC(C)C)cc1OC. The summed E-state index contributed by atoms with van der Waals surface area (Å²) in [6.45, 7) is 13.0. The summed E-state index contributed by atoms with van der Waals surface area (Å²) in [4.78, 5) is 0. The van der Waals surface area contributed by atoms with E-state index in [2.05, 4.69) is 46.4 Å². The van der Waals surface area contributed by atoms with Crippen LogP contribution in [0.15, 0.2) is 18.7 Å². The topological polar surface area (TPSA) is 18.5 Å². The summed E-state index contributed by atoms with van der Waals surface area (Å²) in [6.07, 6.45) is 5.44. The molecule has 1 aromatic rings. The van der Waals surface area contributed by atoms with Crippen LogP contribution in [0.5, 0.6) is 11.5 Å². The van der Waals surface area contributed by atoms with Gasteiger partial charge in [0.15, 0.2) is 0 Å². The van der Waals surface area contributed by atoms with Gasteiger partial charge in [-0.15, -0.1) is 0 Å². The summed E-state index contributed by atoms with van der Waals surface area (Å²) in [5, 5.41) is 0. The van der Waals surface area contributed by atoms with Crippen molar-refractivity contribution < 1.29 is 9.47 Å². The van der Waals surface area contributed by atoms with Gasteiger partial charge in [-0.25, -0.2) is 0 Å². The second-order valence-corrected chi connectivity index (χ2v) is 6.67. The Morgan fingerprint density at radius 3 is 2.05 bits per heavy atom. The fourth-order valence-corrected chi connectivity index (χ4v) is 2.63. The third-order valence-electron chi connectivity index (χ3n) is 4.11. The van der Waals surface area contributed by atoms with E-state index in [1.807, 2.05) is 0 Å². The van der Waals surface area contributed by atoms with Crippen LogP contribution in [-0.4, -0.2) is 14.2 Å². The van der Waals surface area contributed by atoms with Gasteiger partial charge in [0.05, 0.1) is 19.8 Å². The van der Waals surface area contributed by atoms with Gasteiger partial charge < -0.3 is 9.47 Å². The molecule has 0 aliphatic heterocycles. The molecule has 2 heteroatoms. The van der Waals surface area contributed by atoms with Crippen LogP contribution in [0.25, 0.3) is 6.08 Å². The van der Waals surface area contributed by atoms with E-state index in [9.17, 15) is 0 Å². The molecule has 0 unspecified atom stereocenters. The summed E-state index contributed by atoms with van der Waals surface area (Å²) in [6, 6.07) is 4.24. The second-order valence-electron chi connectivity index (χ2n) is 6.67. The molecule has 118 valence electrons. The minimum atomic E-state index is 0.106. The minimum Gasteiger partial charge on any atom is -0.496 e. The van der Waals surface area contributed by atoms with Crippen molar-refractivity contribution >= 4 is 6.08 Å². The Labute approximate surface area is 130 Å². The van der Waals surface area contributed by atoms with E-state index < -0.39 is 0 Å². The number of methoxy groups -OCH3 is 2. The van der Waals surface area contributed by atoms with Crippen LogP contribution < -0.4 is 9.47 Å². The fraction of sp³-hybridized carbons (Fsp3) is 0.579. The maximum absolute atomic E-state index is 5.51. The van der Waals surface area contributed by atoms with Crippen LogP contribution in [0, 0.1) is 5.92 Å². The highest BCUT2D eigenvalue weighted by atomic mass is 16.5. The van der Waals surface area contributed by atoms with Crippen LogP contribution >= 0.6 is 0 Å². The summed E-state index contributed by atoms with van der Waals surface area (Å²) in [5.41, 5.74) is 2.28. The third kappa shape index (κ3) is 4.52. The van der Waals surface area contributed by atoms with Crippen LogP contribution in [0.4, 0.5) is 0 Å². The molecule has 2 nitrogen and oxygen atoms in total. The predicted molar refractivity (Wildman–Crippen MR) is 91.4 cm³/mol. The molecule has 1 aromatic carbocycles. The first-order chi connectivity index (χ1) is 9.85. The van der Waals surface area contributed by atoms with Crippen molar-refractivity contribution in [2.75, 3.05) is 14.2 Å². The zero-order valence-corrected chi connectivity index (χ0v) is 14.5. The van der Waals surface area contributed by atoms with Gasteiger partial charge in [-0.05, 0) is 35.4 Å². The molecule has 0 spiro atoms. The van der Waals surface area contributed by atoms with Gasteiger partial charge in [0.1, 0.15) is 11.5 Å². The van der Waals surface area contributed by atoms with Crippen LogP contribution in [0.3, 0.4) is 0 Å². The van der Waals surface area contributed by atoms with Gasteiger partial charge in [-0.1, -0.05) is 53.2 Å². The van der Waals surface area contributed by atoms with Crippen molar-refractivity contribution in [1.29, 1.82) is 0 Å². The third-order valence-corrected chi connectivity index (χ3v) is 4.11. The van der Waals surface area contributed by atoms with E-state index in [-0.39, 0.29) is 5.41 Å². The fourth-order valence-electron chi connectivity index (χ4n) is 2.63. The van der Waals surface area contributed by atoms with E-state index in [0.29, 0.717) is 0 Å². The average Bonchev–Trinajstić information content (AvgIpc) is 2.44. The lowest BCUT2D eigenvalue weighted by atomic mass is 9.79. The molecule has 0 fully saturated rings. The standard InChI is InChI=1S/C19H30O2/c1-8-16-17(20-6)12-15(13-18(16)21-7)19(4,5)11-9-10-14(2)3/h8,12-14H,1,9-11H2,2-7H3. The molecule has 0 aromatic heterocycles. The summed E-state index contributed by atoms with van der Waals surface area (Å²) < 4.78 is 11.0. The molecule has 0 atom stereocenters. The van der Waals surface area contributed by atoms with Crippen LogP contribution in [-0.2, 0) is 5.41 Å². The highest BCUT2D eigenvalue weighted by Gasteiger charge is 2.23. The molecular weight excluding hydrogens is 260 g/mol. The maximum Gasteiger partial charge on any atom is 0.130 e. The number of rotatable bonds is 8. The first-order valence-corrected chi connectivity index (χ1v) is 7.74. The Bertz CT molecular complexity index is 447. The zero-order chi connectivity index (χ0) is 16.0. The summed E-state index contributed by atoms with van der Waals surface area (Å²) >= 11 is 0. The molecule has 1 rings (SSSR count). The molecular formula is C19H30O2. The highest BCUT2D eigenvalue weighted by molar-refractivity contribution is 5.65. The van der Waals surface area contributed by atoms with Gasteiger partial charge in [0.2, 0.25) is 0 Å². The van der Waals surface area contributed by atoms with Crippen molar-refractivity contribution in [2.24, 2.45) is 5.92 Å². The van der Waals surface area contributed by atoms with Crippen molar-refractivity contribution in [3.05, 3.63) is 29.8 Å². The van der Waals surface area contributed by atoms with Crippen molar-refractivity contribution in [3.8, 4) is 11.5 Å². The molecule has 0 saturated carbocycles. The zero-order valence-electron chi connectivity index (χ0n) is 14.5. The van der Waals surface area contributed by atoms with Crippen molar-refractivity contribution in [2.45, 2.75) is 52.4 Å². The van der Waals surface area contributed by atoms with E-state index in [0.717, 1.165) is 29.4 Å². The molecule has 0 radical (unpaired) electrons. The molecule has 0 amide bonds. The van der Waals surface area contributed by atoms with Gasteiger partial charge in [-0.2, -0.15) is 0 Å². The number of ether oxygens (including phenoxy) is 2. The maximum atomic E-state index is 5.51. The Morgan fingerprint density at radius 1 is 1.14 bits per heavy atom. The van der Waals surface area contributed by atoms with Crippen LogP contribution in [0.2, 0.25) is 0 Å². The summed E-state index contributed by atoms with van der Waals surface area (Å²) in [5.74, 6) is 2.42. The van der Waals surface area contributed by atoms with Gasteiger partial charge in [-0.3, -0.25) is 0 Å². The lowest BCUT2D eigenvalue weighted by molar-refractivity contribution is 0.382. The summed E-state index contributed by atoms with van der Waals surface area (Å²) in [7, 11) is 3.38. The lowest BCUT2D eigenvalue weighted by Gasteiger charge is -2.27. The van der Waals surface area contributed by atoms with Gasteiger partial charge in [0, 0.05) is 0 Å². The van der Waals surface area contributed by atoms with Crippen LogP contribution in [0.1, 0.15) is 58.1 Å². The lowest BCUT2D eigenvalue weighted by Crippen LogP contribution is -2.18. The molecule has 21 heavy (non-hydrogen) atoms. The van der Waals surface area contributed by atoms with Crippen molar-refractivity contribution in [1.82, 2.24) is 0 Å². The monoisotopic (exact) mass is 290 g/mol. The van der Waals surface area contributed by atoms with Gasteiger partial charge in [0.25, 0.3) is 0 Å². The number of hydrogen-bond donors (Lipinski definition) is 0. The molecule has 0 aliphatic carbocycles. The smallest absolute Gasteiger partial charge is 0.130 e. The van der Waals surface area contributed by atoms with Crippen molar-refractivity contribution in [3.63, 3.8) is 0 Å². The average molecular weight is 290 g/mol. The van der Waals surface area contributed by atoms with E-state index in [1.165, 1.54) is 18.4 Å². The number of hydrogen-bond acceptors (Lipinski definition) is 2. The minimum absolute atomic E-state index is 0.106. The normalized spacial score (nSPS) is 11.6. The first kappa shape index (κ1) is 17.6. The van der Waals surface area contributed by atoms with Gasteiger partial charge >= 0.3 is 0 Å². The quantitative estimate of drug-likeness (QED) is 0.633. The first-order valence-electron chi connectivity index (χ1n) is 7.74. The molecule has 0 aliphatic rings. The highest BCUT2D eigenvalue weighted by Crippen LogP contribution is 2.38. The predicted octanol–water partition coefficient (Wildman–Crippen LogP) is 5.45. The van der Waals surface area contributed by atoms with E-state index in [4.69, 9.17) is 9.47 Å². The van der Waals surface area contributed by atoms with E-state index >= 15 is 0 Å². The number of benzene rings is 1. The molecule has 0 saturated heterocycles. The Morgan fingerprint density at radius 2 is 1.67 bits per heavy atom. The Balaban J connectivity index is 3.08.